The first-order valence-electron chi connectivity index (χ1n) is 6.32. The fraction of sp³-hybridized carbons (Fsp3) is 0. The predicted octanol–water partition coefficient (Wildman–Crippen LogP) is 4.40. The van der Waals surface area contributed by atoms with E-state index in [1.165, 1.54) is 0 Å². The molecule has 0 fully saturated rings. The molecular formula is C16H12BrNO2S. The van der Waals surface area contributed by atoms with Gasteiger partial charge in [-0.25, -0.2) is 8.42 Å². The molecule has 3 rings (SSSR count). The Balaban J connectivity index is 1.95. The van der Waals surface area contributed by atoms with Gasteiger partial charge in [0, 0.05) is 10.2 Å². The smallest absolute Gasteiger partial charge is 0.261 e. The summed E-state index contributed by atoms with van der Waals surface area (Å²) in [6.07, 6.45) is 0. The molecule has 0 aromatic heterocycles. The molecule has 106 valence electrons. The van der Waals surface area contributed by atoms with Crippen LogP contribution in [0.3, 0.4) is 0 Å². The maximum absolute atomic E-state index is 12.3. The van der Waals surface area contributed by atoms with Gasteiger partial charge in [-0.2, -0.15) is 0 Å². The van der Waals surface area contributed by atoms with Crippen LogP contribution in [0.25, 0.3) is 10.8 Å². The highest BCUT2D eigenvalue weighted by Gasteiger charge is 2.13. The summed E-state index contributed by atoms with van der Waals surface area (Å²) in [4.78, 5) is 0.235. The summed E-state index contributed by atoms with van der Waals surface area (Å²) in [5.74, 6) is 0. The van der Waals surface area contributed by atoms with Gasteiger partial charge in [-0.3, -0.25) is 4.72 Å². The Morgan fingerprint density at radius 3 is 2.19 bits per heavy atom. The maximum atomic E-state index is 12.3. The first kappa shape index (κ1) is 14.1. The van der Waals surface area contributed by atoms with E-state index in [2.05, 4.69) is 20.7 Å². The van der Waals surface area contributed by atoms with E-state index in [9.17, 15) is 8.42 Å². The van der Waals surface area contributed by atoms with Gasteiger partial charge < -0.3 is 0 Å². The molecule has 0 unspecified atom stereocenters. The molecule has 0 atom stereocenters. The zero-order valence-corrected chi connectivity index (χ0v) is 13.4. The van der Waals surface area contributed by atoms with Gasteiger partial charge in [0.05, 0.1) is 4.90 Å². The summed E-state index contributed by atoms with van der Waals surface area (Å²) in [7, 11) is -3.57. The number of fused-ring (bicyclic) bond motifs is 1. The number of benzene rings is 3. The van der Waals surface area contributed by atoms with Crippen LogP contribution in [-0.2, 0) is 10.0 Å². The minimum absolute atomic E-state index is 0.235. The van der Waals surface area contributed by atoms with Crippen molar-refractivity contribution in [3.63, 3.8) is 0 Å². The summed E-state index contributed by atoms with van der Waals surface area (Å²) in [5.41, 5.74) is 0.552. The minimum atomic E-state index is -3.57. The summed E-state index contributed by atoms with van der Waals surface area (Å²) in [6.45, 7) is 0. The van der Waals surface area contributed by atoms with Crippen molar-refractivity contribution in [2.75, 3.05) is 4.72 Å². The summed E-state index contributed by atoms with van der Waals surface area (Å²) >= 11 is 3.29. The van der Waals surface area contributed by atoms with Crippen LogP contribution in [0.5, 0.6) is 0 Å². The molecule has 3 aromatic rings. The third-order valence-corrected chi connectivity index (χ3v) is 5.05. The third kappa shape index (κ3) is 3.09. The lowest BCUT2D eigenvalue weighted by atomic mass is 10.1. The van der Waals surface area contributed by atoms with Gasteiger partial charge in [-0.15, -0.1) is 0 Å². The molecule has 0 saturated carbocycles. The molecule has 0 spiro atoms. The molecule has 3 nitrogen and oxygen atoms in total. The third-order valence-electron chi connectivity index (χ3n) is 3.13. The van der Waals surface area contributed by atoms with E-state index in [1.807, 2.05) is 36.4 Å². The fourth-order valence-corrected chi connectivity index (χ4v) is 3.39. The van der Waals surface area contributed by atoms with E-state index >= 15 is 0 Å². The molecule has 3 aromatic carbocycles. The quantitative estimate of drug-likeness (QED) is 0.751. The molecule has 0 aliphatic heterocycles. The topological polar surface area (TPSA) is 46.2 Å². The number of nitrogens with one attached hydrogen (secondary N) is 1. The van der Waals surface area contributed by atoms with Gasteiger partial charge in [0.2, 0.25) is 0 Å². The van der Waals surface area contributed by atoms with E-state index < -0.39 is 10.0 Å². The van der Waals surface area contributed by atoms with E-state index in [0.29, 0.717) is 5.69 Å². The van der Waals surface area contributed by atoms with Gasteiger partial charge in [0.15, 0.2) is 0 Å². The van der Waals surface area contributed by atoms with Crippen molar-refractivity contribution in [2.24, 2.45) is 0 Å². The standard InChI is InChI=1S/C16H12BrNO2S/c17-14-6-9-16(10-7-14)21(19,20)18-15-8-5-12-3-1-2-4-13(12)11-15/h1-11,18H. The lowest BCUT2D eigenvalue weighted by molar-refractivity contribution is 0.601. The van der Waals surface area contributed by atoms with E-state index in [1.54, 1.807) is 30.3 Å². The van der Waals surface area contributed by atoms with Crippen molar-refractivity contribution in [3.8, 4) is 0 Å². The molecule has 0 heterocycles. The molecule has 0 aliphatic carbocycles. The lowest BCUT2D eigenvalue weighted by Crippen LogP contribution is -2.12. The summed E-state index contributed by atoms with van der Waals surface area (Å²) < 4.78 is 28.1. The monoisotopic (exact) mass is 361 g/mol. The number of anilines is 1. The van der Waals surface area contributed by atoms with E-state index in [0.717, 1.165) is 15.2 Å². The van der Waals surface area contributed by atoms with Crippen molar-refractivity contribution in [1.29, 1.82) is 0 Å². The van der Waals surface area contributed by atoms with Crippen molar-refractivity contribution >= 4 is 42.4 Å². The average molecular weight is 362 g/mol. The van der Waals surface area contributed by atoms with Gasteiger partial charge >= 0.3 is 0 Å². The Morgan fingerprint density at radius 2 is 1.48 bits per heavy atom. The van der Waals surface area contributed by atoms with Crippen molar-refractivity contribution in [1.82, 2.24) is 0 Å². The van der Waals surface area contributed by atoms with E-state index in [4.69, 9.17) is 0 Å². The van der Waals surface area contributed by atoms with Crippen molar-refractivity contribution in [2.45, 2.75) is 4.90 Å². The average Bonchev–Trinajstić information content (AvgIpc) is 2.47. The fourth-order valence-electron chi connectivity index (χ4n) is 2.08. The van der Waals surface area contributed by atoms with Crippen LogP contribution in [-0.4, -0.2) is 8.42 Å². The predicted molar refractivity (Wildman–Crippen MR) is 88.9 cm³/mol. The van der Waals surface area contributed by atoms with Crippen LogP contribution >= 0.6 is 15.9 Å². The number of hydrogen-bond donors (Lipinski definition) is 1. The molecule has 1 N–H and O–H groups in total. The second-order valence-corrected chi connectivity index (χ2v) is 7.22. The number of hydrogen-bond acceptors (Lipinski definition) is 2. The van der Waals surface area contributed by atoms with Crippen LogP contribution in [0, 0.1) is 0 Å². The van der Waals surface area contributed by atoms with Crippen LogP contribution in [0.2, 0.25) is 0 Å². The Hall–Kier alpha value is -1.85. The first-order chi connectivity index (χ1) is 10.0. The van der Waals surface area contributed by atoms with Gasteiger partial charge in [-0.1, -0.05) is 46.3 Å². The molecule has 5 heteroatoms. The van der Waals surface area contributed by atoms with Gasteiger partial charge in [0.1, 0.15) is 0 Å². The molecule has 0 amide bonds. The number of halogens is 1. The van der Waals surface area contributed by atoms with Crippen molar-refractivity contribution < 1.29 is 8.42 Å². The molecular weight excluding hydrogens is 350 g/mol. The summed E-state index contributed by atoms with van der Waals surface area (Å²) in [6, 6.07) is 19.8. The van der Waals surface area contributed by atoms with Crippen LogP contribution in [0.1, 0.15) is 0 Å². The SMILES string of the molecule is O=S(=O)(Nc1ccc2ccccc2c1)c1ccc(Br)cc1. The van der Waals surface area contributed by atoms with Crippen LogP contribution in [0.15, 0.2) is 76.1 Å². The summed E-state index contributed by atoms with van der Waals surface area (Å²) in [5, 5.41) is 2.07. The highest BCUT2D eigenvalue weighted by atomic mass is 79.9. The Labute approximate surface area is 131 Å². The Kier molecular flexibility index (Phi) is 3.69. The number of sulfonamides is 1. The normalized spacial score (nSPS) is 11.5. The molecule has 21 heavy (non-hydrogen) atoms. The molecule has 0 radical (unpaired) electrons. The molecule has 0 aliphatic rings. The zero-order valence-electron chi connectivity index (χ0n) is 11.0. The first-order valence-corrected chi connectivity index (χ1v) is 8.59. The van der Waals surface area contributed by atoms with Crippen LogP contribution < -0.4 is 4.72 Å². The molecule has 0 saturated heterocycles. The second kappa shape index (κ2) is 5.50. The number of rotatable bonds is 3. The Bertz CT molecular complexity index is 890. The van der Waals surface area contributed by atoms with Gasteiger partial charge in [0.25, 0.3) is 10.0 Å². The van der Waals surface area contributed by atoms with Gasteiger partial charge in [-0.05, 0) is 47.2 Å². The van der Waals surface area contributed by atoms with Crippen LogP contribution in [0.4, 0.5) is 5.69 Å². The highest BCUT2D eigenvalue weighted by Crippen LogP contribution is 2.22. The maximum Gasteiger partial charge on any atom is 0.261 e. The highest BCUT2D eigenvalue weighted by molar-refractivity contribution is 9.10. The Morgan fingerprint density at radius 1 is 0.810 bits per heavy atom. The second-order valence-electron chi connectivity index (χ2n) is 4.62. The zero-order chi connectivity index (χ0) is 14.9. The van der Waals surface area contributed by atoms with Crippen molar-refractivity contribution in [3.05, 3.63) is 71.2 Å². The largest absolute Gasteiger partial charge is 0.280 e. The molecule has 0 bridgehead atoms. The minimum Gasteiger partial charge on any atom is -0.280 e. The van der Waals surface area contributed by atoms with E-state index in [-0.39, 0.29) is 4.90 Å². The lowest BCUT2D eigenvalue weighted by Gasteiger charge is -2.09.